The first-order chi connectivity index (χ1) is 16.6. The van der Waals surface area contributed by atoms with Crippen molar-refractivity contribution < 1.29 is 31.1 Å². The Hall–Kier alpha value is -2.44. The highest BCUT2D eigenvalue weighted by atomic mass is 32.1. The second kappa shape index (κ2) is 10.7. The molecule has 0 spiro atoms. The fourth-order valence-electron chi connectivity index (χ4n) is 4.04. The Bertz CT molecular complexity index is 1120. The number of piperidine rings is 1. The van der Waals surface area contributed by atoms with Crippen molar-refractivity contribution in [3.05, 3.63) is 52.7 Å². The molecule has 12 heteroatoms. The van der Waals surface area contributed by atoms with Crippen molar-refractivity contribution in [2.75, 3.05) is 26.2 Å². The van der Waals surface area contributed by atoms with Gasteiger partial charge in [-0.25, -0.2) is 9.67 Å². The highest BCUT2D eigenvalue weighted by Crippen LogP contribution is 2.36. The largest absolute Gasteiger partial charge is 0.433 e. The lowest BCUT2D eigenvalue weighted by molar-refractivity contribution is -0.144. The molecule has 4 rings (SSSR count). The van der Waals surface area contributed by atoms with Crippen LogP contribution in [0.3, 0.4) is 0 Å². The van der Waals surface area contributed by atoms with Crippen LogP contribution in [-0.4, -0.2) is 45.9 Å². The quantitative estimate of drug-likeness (QED) is 0.255. The Morgan fingerprint density at radius 2 is 1.77 bits per heavy atom. The standard InChI is InChI=1S/C23H24F6N4OS/c24-22(25,26)18-7-4-6-16(12-18)19-15-35-21(31-19)33-20(23(27,28)29)17(13-30-33)14-34-11-5-10-32-8-2-1-3-9-32/h4,6-7,12-13,15H,1-3,5,8-11,14H2. The van der Waals surface area contributed by atoms with Gasteiger partial charge in [-0.15, -0.1) is 11.3 Å². The summed E-state index contributed by atoms with van der Waals surface area (Å²) in [6, 6.07) is 4.48. The molecule has 1 fully saturated rings. The molecule has 0 N–H and O–H groups in total. The van der Waals surface area contributed by atoms with Gasteiger partial charge >= 0.3 is 12.4 Å². The summed E-state index contributed by atoms with van der Waals surface area (Å²) >= 11 is 0.864. The summed E-state index contributed by atoms with van der Waals surface area (Å²) in [5.41, 5.74) is -1.69. The van der Waals surface area contributed by atoms with Crippen molar-refractivity contribution in [3.8, 4) is 16.4 Å². The highest BCUT2D eigenvalue weighted by molar-refractivity contribution is 7.12. The first-order valence-corrected chi connectivity index (χ1v) is 12.1. The minimum atomic E-state index is -4.72. The Labute approximate surface area is 202 Å². The maximum atomic E-state index is 13.9. The van der Waals surface area contributed by atoms with Crippen molar-refractivity contribution in [2.45, 2.75) is 44.6 Å². The molecule has 0 bridgehead atoms. The predicted molar refractivity (Wildman–Crippen MR) is 119 cm³/mol. The van der Waals surface area contributed by atoms with E-state index in [0.29, 0.717) is 11.3 Å². The molecule has 35 heavy (non-hydrogen) atoms. The SMILES string of the molecule is FC(F)(F)c1cccc(-c2csc(-n3ncc(COCCCN4CCCCC4)c3C(F)(F)F)n2)c1. The molecule has 0 radical (unpaired) electrons. The van der Waals surface area contributed by atoms with Crippen molar-refractivity contribution in [1.82, 2.24) is 19.7 Å². The summed E-state index contributed by atoms with van der Waals surface area (Å²) < 4.78 is 86.9. The van der Waals surface area contributed by atoms with Crippen LogP contribution in [-0.2, 0) is 23.7 Å². The Morgan fingerprint density at radius 1 is 1.00 bits per heavy atom. The smallest absolute Gasteiger partial charge is 0.377 e. The number of halogens is 6. The van der Waals surface area contributed by atoms with Crippen LogP contribution >= 0.6 is 11.3 Å². The molecular formula is C23H24F6N4OS. The minimum absolute atomic E-state index is 0.0962. The molecule has 1 aliphatic rings. The van der Waals surface area contributed by atoms with Gasteiger partial charge < -0.3 is 9.64 Å². The molecule has 0 amide bonds. The average Bonchev–Trinajstić information content (AvgIpc) is 3.46. The summed E-state index contributed by atoms with van der Waals surface area (Å²) in [7, 11) is 0. The van der Waals surface area contributed by atoms with Crippen LogP contribution in [0.15, 0.2) is 35.8 Å². The van der Waals surface area contributed by atoms with Crippen LogP contribution in [0, 0.1) is 0 Å². The zero-order valence-electron chi connectivity index (χ0n) is 18.7. The van der Waals surface area contributed by atoms with Gasteiger partial charge in [-0.05, 0) is 44.5 Å². The Kier molecular flexibility index (Phi) is 7.82. The minimum Gasteiger partial charge on any atom is -0.377 e. The van der Waals surface area contributed by atoms with Gasteiger partial charge in [0.05, 0.1) is 24.1 Å². The van der Waals surface area contributed by atoms with Gasteiger partial charge in [0.15, 0.2) is 5.69 Å². The molecule has 0 unspecified atom stereocenters. The Balaban J connectivity index is 1.46. The highest BCUT2D eigenvalue weighted by Gasteiger charge is 2.39. The van der Waals surface area contributed by atoms with Crippen molar-refractivity contribution in [2.24, 2.45) is 0 Å². The molecule has 3 aromatic rings. The second-order valence-corrected chi connectivity index (χ2v) is 9.17. The summed E-state index contributed by atoms with van der Waals surface area (Å²) in [4.78, 5) is 6.46. The van der Waals surface area contributed by atoms with Gasteiger partial charge in [0.2, 0.25) is 5.13 Å². The van der Waals surface area contributed by atoms with E-state index >= 15 is 0 Å². The molecule has 2 aromatic heterocycles. The number of benzene rings is 1. The third-order valence-corrected chi connectivity index (χ3v) is 6.56. The van der Waals surface area contributed by atoms with E-state index < -0.39 is 23.6 Å². The van der Waals surface area contributed by atoms with Crippen LogP contribution in [0.5, 0.6) is 0 Å². The van der Waals surface area contributed by atoms with E-state index in [4.69, 9.17) is 4.74 Å². The van der Waals surface area contributed by atoms with Crippen molar-refractivity contribution in [3.63, 3.8) is 0 Å². The van der Waals surface area contributed by atoms with Crippen LogP contribution in [0.1, 0.15) is 42.5 Å². The summed E-state index contributed by atoms with van der Waals surface area (Å²) in [6.45, 7) is 3.02. The van der Waals surface area contributed by atoms with Gasteiger partial charge in [0.1, 0.15) is 0 Å². The molecule has 0 atom stereocenters. The molecular weight excluding hydrogens is 494 g/mol. The summed E-state index contributed by atoms with van der Waals surface area (Å²) in [6.07, 6.45) is -3.87. The number of ether oxygens (including phenoxy) is 1. The third kappa shape index (κ3) is 6.42. The van der Waals surface area contributed by atoms with Crippen molar-refractivity contribution in [1.29, 1.82) is 0 Å². The topological polar surface area (TPSA) is 43.2 Å². The van der Waals surface area contributed by atoms with E-state index in [2.05, 4.69) is 15.0 Å². The summed E-state index contributed by atoms with van der Waals surface area (Å²) in [5, 5.41) is 5.18. The zero-order chi connectivity index (χ0) is 25.1. The van der Waals surface area contributed by atoms with E-state index in [1.165, 1.54) is 36.8 Å². The number of aromatic nitrogens is 3. The first-order valence-electron chi connectivity index (χ1n) is 11.2. The van der Waals surface area contributed by atoms with Crippen LogP contribution in [0.25, 0.3) is 16.4 Å². The van der Waals surface area contributed by atoms with Gasteiger partial charge in [0, 0.05) is 29.7 Å². The maximum absolute atomic E-state index is 13.9. The third-order valence-electron chi connectivity index (χ3n) is 5.74. The number of thiazole rings is 1. The van der Waals surface area contributed by atoms with Gasteiger partial charge in [-0.3, -0.25) is 0 Å². The van der Waals surface area contributed by atoms with Crippen LogP contribution < -0.4 is 0 Å². The molecule has 0 saturated carbocycles. The van der Waals surface area contributed by atoms with Crippen molar-refractivity contribution >= 4 is 11.3 Å². The lowest BCUT2D eigenvalue weighted by Gasteiger charge is -2.26. The maximum Gasteiger partial charge on any atom is 0.433 e. The number of alkyl halides is 6. The van der Waals surface area contributed by atoms with E-state index in [1.54, 1.807) is 0 Å². The molecule has 3 heterocycles. The fourth-order valence-corrected chi connectivity index (χ4v) is 4.83. The summed E-state index contributed by atoms with van der Waals surface area (Å²) in [5.74, 6) is 0. The molecule has 1 aromatic carbocycles. The molecule has 1 aliphatic heterocycles. The average molecular weight is 519 g/mol. The molecule has 5 nitrogen and oxygen atoms in total. The van der Waals surface area contributed by atoms with Crippen LogP contribution in [0.4, 0.5) is 26.3 Å². The number of hydrogen-bond donors (Lipinski definition) is 0. The molecule has 0 aliphatic carbocycles. The number of nitrogens with zero attached hydrogens (tertiary/aromatic N) is 4. The van der Waals surface area contributed by atoms with E-state index in [9.17, 15) is 26.3 Å². The zero-order valence-corrected chi connectivity index (χ0v) is 19.5. The number of hydrogen-bond acceptors (Lipinski definition) is 5. The fraction of sp³-hybridized carbons (Fsp3) is 0.478. The monoisotopic (exact) mass is 518 g/mol. The number of rotatable bonds is 8. The second-order valence-electron chi connectivity index (χ2n) is 8.33. The number of likely N-dealkylation sites (tertiary alicyclic amines) is 1. The lowest BCUT2D eigenvalue weighted by atomic mass is 10.1. The van der Waals surface area contributed by atoms with E-state index in [1.807, 2.05) is 0 Å². The molecule has 1 saturated heterocycles. The predicted octanol–water partition coefficient (Wildman–Crippen LogP) is 6.43. The van der Waals surface area contributed by atoms with Gasteiger partial charge in [-0.2, -0.15) is 31.4 Å². The first kappa shape index (κ1) is 25.6. The van der Waals surface area contributed by atoms with E-state index in [-0.39, 0.29) is 28.6 Å². The normalized spacial score (nSPS) is 15.6. The van der Waals surface area contributed by atoms with Gasteiger partial charge in [-0.1, -0.05) is 18.6 Å². The van der Waals surface area contributed by atoms with E-state index in [0.717, 1.165) is 55.7 Å². The molecule has 190 valence electrons. The van der Waals surface area contributed by atoms with Gasteiger partial charge in [0.25, 0.3) is 0 Å². The van der Waals surface area contributed by atoms with Crippen LogP contribution in [0.2, 0.25) is 0 Å². The Morgan fingerprint density at radius 3 is 2.49 bits per heavy atom. The lowest BCUT2D eigenvalue weighted by Crippen LogP contribution is -2.31.